The van der Waals surface area contributed by atoms with Crippen LogP contribution in [0.4, 0.5) is 13.2 Å². The molecule has 0 spiro atoms. The maximum absolute atomic E-state index is 12.2. The summed E-state index contributed by atoms with van der Waals surface area (Å²) in [5, 5.41) is 9.06. The zero-order chi connectivity index (χ0) is 10.1. The molecule has 4 heteroatoms. The fraction of sp³-hybridized carbons (Fsp3) is 1.00. The Balaban J connectivity index is 2.58. The second-order valence-corrected chi connectivity index (χ2v) is 3.91. The molecule has 1 saturated carbocycles. The van der Waals surface area contributed by atoms with Gasteiger partial charge in [0.25, 0.3) is 0 Å². The van der Waals surface area contributed by atoms with Gasteiger partial charge in [0.2, 0.25) is 0 Å². The minimum atomic E-state index is -4.45. The second kappa shape index (κ2) is 3.86. The van der Waals surface area contributed by atoms with Crippen molar-refractivity contribution in [3.05, 3.63) is 0 Å². The summed E-state index contributed by atoms with van der Waals surface area (Å²) in [7, 11) is 0. The Morgan fingerprint density at radius 2 is 1.77 bits per heavy atom. The zero-order valence-corrected chi connectivity index (χ0v) is 7.64. The summed E-state index contributed by atoms with van der Waals surface area (Å²) in [5.74, 6) is -0.598. The minimum absolute atomic E-state index is 0.00891. The molecule has 1 rings (SSSR count). The third kappa shape index (κ3) is 2.59. The minimum Gasteiger partial charge on any atom is -0.383 e. The first kappa shape index (κ1) is 10.8. The van der Waals surface area contributed by atoms with E-state index in [9.17, 15) is 13.2 Å². The molecular weight excluding hydrogens is 181 g/mol. The van der Waals surface area contributed by atoms with Crippen LogP contribution in [-0.4, -0.2) is 17.4 Å². The molecule has 0 bridgehead atoms. The molecule has 13 heavy (non-hydrogen) atoms. The van der Waals surface area contributed by atoms with Crippen LogP contribution in [0.5, 0.6) is 0 Å². The Labute approximate surface area is 75.9 Å². The van der Waals surface area contributed by atoms with Crippen LogP contribution in [0, 0.1) is 11.8 Å². The van der Waals surface area contributed by atoms with Gasteiger partial charge in [-0.2, -0.15) is 13.2 Å². The lowest BCUT2D eigenvalue weighted by Gasteiger charge is -2.33. The summed E-state index contributed by atoms with van der Waals surface area (Å²) in [6.45, 7) is 1.79. The molecule has 0 heterocycles. The first-order chi connectivity index (χ1) is 5.93. The lowest BCUT2D eigenvalue weighted by molar-refractivity contribution is -0.226. The first-order valence-electron chi connectivity index (χ1n) is 4.67. The van der Waals surface area contributed by atoms with Crippen LogP contribution in [0.15, 0.2) is 0 Å². The summed E-state index contributed by atoms with van der Waals surface area (Å²) in [6, 6.07) is 0. The molecule has 0 aliphatic heterocycles. The number of aliphatic hydroxyl groups excluding tert-OH is 1. The molecule has 0 aromatic rings. The molecule has 3 atom stereocenters. The largest absolute Gasteiger partial charge is 0.414 e. The predicted octanol–water partition coefficient (Wildman–Crippen LogP) is 2.74. The molecule has 0 aromatic carbocycles. The Morgan fingerprint density at radius 3 is 2.23 bits per heavy atom. The van der Waals surface area contributed by atoms with Crippen molar-refractivity contribution in [3.63, 3.8) is 0 Å². The van der Waals surface area contributed by atoms with Gasteiger partial charge in [0.1, 0.15) is 0 Å². The van der Waals surface area contributed by atoms with E-state index in [0.29, 0.717) is 6.42 Å². The molecule has 3 unspecified atom stereocenters. The van der Waals surface area contributed by atoms with Crippen LogP contribution in [0.25, 0.3) is 0 Å². The molecule has 78 valence electrons. The lowest BCUT2D eigenvalue weighted by Crippen LogP contribution is -2.40. The van der Waals surface area contributed by atoms with Gasteiger partial charge in [-0.1, -0.05) is 26.2 Å². The van der Waals surface area contributed by atoms with Gasteiger partial charge in [-0.15, -0.1) is 0 Å². The molecular formula is C9H15F3O. The average Bonchev–Trinajstić information content (AvgIpc) is 2.02. The molecule has 0 radical (unpaired) electrons. The molecule has 0 amide bonds. The van der Waals surface area contributed by atoms with Crippen molar-refractivity contribution in [2.45, 2.75) is 44.9 Å². The Hall–Kier alpha value is -0.250. The van der Waals surface area contributed by atoms with E-state index in [1.165, 1.54) is 0 Å². The standard InChI is InChI=1S/C9H15F3O/c1-6-4-2-3-5-7(6)8(13)9(10,11)12/h6-8,13H,2-5H2,1H3. The number of rotatable bonds is 1. The summed E-state index contributed by atoms with van der Waals surface area (Å²) < 4.78 is 36.5. The predicted molar refractivity (Wildman–Crippen MR) is 43.2 cm³/mol. The fourth-order valence-electron chi connectivity index (χ4n) is 2.06. The molecule has 0 saturated heterocycles. The zero-order valence-electron chi connectivity index (χ0n) is 7.64. The highest BCUT2D eigenvalue weighted by Crippen LogP contribution is 2.37. The summed E-state index contributed by atoms with van der Waals surface area (Å²) in [4.78, 5) is 0. The van der Waals surface area contributed by atoms with E-state index < -0.39 is 18.2 Å². The maximum Gasteiger partial charge on any atom is 0.414 e. The van der Waals surface area contributed by atoms with Crippen LogP contribution in [-0.2, 0) is 0 Å². The molecule has 1 N–H and O–H groups in total. The number of halogens is 3. The number of alkyl halides is 3. The van der Waals surface area contributed by atoms with Gasteiger partial charge in [0, 0.05) is 0 Å². The number of aliphatic hydroxyl groups is 1. The summed E-state index contributed by atoms with van der Waals surface area (Å²) in [6.07, 6.45) is -3.47. The number of hydrogen-bond donors (Lipinski definition) is 1. The van der Waals surface area contributed by atoms with Crippen molar-refractivity contribution < 1.29 is 18.3 Å². The van der Waals surface area contributed by atoms with E-state index in [0.717, 1.165) is 19.3 Å². The second-order valence-electron chi connectivity index (χ2n) is 3.91. The van der Waals surface area contributed by atoms with Gasteiger partial charge in [0.05, 0.1) is 0 Å². The first-order valence-corrected chi connectivity index (χ1v) is 4.67. The van der Waals surface area contributed by atoms with Crippen LogP contribution >= 0.6 is 0 Å². The SMILES string of the molecule is CC1CCCCC1C(O)C(F)(F)F. The molecule has 1 aliphatic carbocycles. The van der Waals surface area contributed by atoms with Crippen molar-refractivity contribution in [3.8, 4) is 0 Å². The fourth-order valence-corrected chi connectivity index (χ4v) is 2.06. The topological polar surface area (TPSA) is 20.2 Å². The van der Waals surface area contributed by atoms with Crippen molar-refractivity contribution in [2.24, 2.45) is 11.8 Å². The highest BCUT2D eigenvalue weighted by molar-refractivity contribution is 4.82. The summed E-state index contributed by atoms with van der Waals surface area (Å²) >= 11 is 0. The maximum atomic E-state index is 12.2. The van der Waals surface area contributed by atoms with Crippen LogP contribution in [0.1, 0.15) is 32.6 Å². The monoisotopic (exact) mass is 196 g/mol. The van der Waals surface area contributed by atoms with E-state index in [2.05, 4.69) is 0 Å². The van der Waals surface area contributed by atoms with E-state index in [-0.39, 0.29) is 5.92 Å². The normalized spacial score (nSPS) is 33.0. The molecule has 1 fully saturated rings. The Bertz CT molecular complexity index is 167. The van der Waals surface area contributed by atoms with Crippen molar-refractivity contribution in [2.75, 3.05) is 0 Å². The Morgan fingerprint density at radius 1 is 1.23 bits per heavy atom. The lowest BCUT2D eigenvalue weighted by atomic mass is 9.77. The van der Waals surface area contributed by atoms with Gasteiger partial charge in [0.15, 0.2) is 6.10 Å². The third-order valence-corrected chi connectivity index (χ3v) is 2.92. The van der Waals surface area contributed by atoms with E-state index >= 15 is 0 Å². The van der Waals surface area contributed by atoms with Gasteiger partial charge >= 0.3 is 6.18 Å². The van der Waals surface area contributed by atoms with Gasteiger partial charge in [-0.05, 0) is 18.3 Å². The van der Waals surface area contributed by atoms with Crippen LogP contribution in [0.2, 0.25) is 0 Å². The van der Waals surface area contributed by atoms with Crippen molar-refractivity contribution in [1.29, 1.82) is 0 Å². The molecule has 1 nitrogen and oxygen atoms in total. The van der Waals surface area contributed by atoms with Crippen molar-refractivity contribution >= 4 is 0 Å². The quantitative estimate of drug-likeness (QED) is 0.683. The van der Waals surface area contributed by atoms with E-state index in [1.54, 1.807) is 6.92 Å². The van der Waals surface area contributed by atoms with Crippen LogP contribution in [0.3, 0.4) is 0 Å². The average molecular weight is 196 g/mol. The Kier molecular flexibility index (Phi) is 3.22. The third-order valence-electron chi connectivity index (χ3n) is 2.92. The summed E-state index contributed by atoms with van der Waals surface area (Å²) in [5.41, 5.74) is 0. The van der Waals surface area contributed by atoms with Gasteiger partial charge < -0.3 is 5.11 Å². The van der Waals surface area contributed by atoms with Crippen LogP contribution < -0.4 is 0 Å². The van der Waals surface area contributed by atoms with E-state index in [4.69, 9.17) is 5.11 Å². The number of hydrogen-bond acceptors (Lipinski definition) is 1. The van der Waals surface area contributed by atoms with Gasteiger partial charge in [-0.25, -0.2) is 0 Å². The highest BCUT2D eigenvalue weighted by atomic mass is 19.4. The molecule has 0 aromatic heterocycles. The van der Waals surface area contributed by atoms with Gasteiger partial charge in [-0.3, -0.25) is 0 Å². The smallest absolute Gasteiger partial charge is 0.383 e. The highest BCUT2D eigenvalue weighted by Gasteiger charge is 2.45. The molecule has 1 aliphatic rings. The van der Waals surface area contributed by atoms with Crippen molar-refractivity contribution in [1.82, 2.24) is 0 Å². The van der Waals surface area contributed by atoms with E-state index in [1.807, 2.05) is 0 Å².